The molecule has 1 aromatic carbocycles. The molecule has 0 bridgehead atoms. The number of fused-ring (bicyclic) bond motifs is 1. The molecule has 104 valence electrons. The number of ether oxygens (including phenoxy) is 1. The second kappa shape index (κ2) is 5.46. The molecule has 0 radical (unpaired) electrons. The van der Waals surface area contributed by atoms with Crippen LogP contribution in [0.5, 0.6) is 0 Å². The van der Waals surface area contributed by atoms with E-state index < -0.39 is 0 Å². The highest BCUT2D eigenvalue weighted by Crippen LogP contribution is 2.30. The summed E-state index contributed by atoms with van der Waals surface area (Å²) in [5, 5.41) is 11.5. The van der Waals surface area contributed by atoms with Crippen LogP contribution in [0.3, 0.4) is 0 Å². The number of nitrogens with two attached hydrogens (primary N) is 1. The van der Waals surface area contributed by atoms with Crippen molar-refractivity contribution in [2.75, 3.05) is 37.9 Å². The van der Waals surface area contributed by atoms with Crippen molar-refractivity contribution in [3.05, 3.63) is 29.3 Å². The van der Waals surface area contributed by atoms with Crippen LogP contribution in [0.2, 0.25) is 0 Å². The predicted octanol–water partition coefficient (Wildman–Crippen LogP) is 0.598. The summed E-state index contributed by atoms with van der Waals surface area (Å²) in [7, 11) is 0. The Labute approximate surface area is 113 Å². The third-order valence-corrected chi connectivity index (χ3v) is 3.85. The van der Waals surface area contributed by atoms with Crippen molar-refractivity contribution in [2.24, 2.45) is 5.73 Å². The Morgan fingerprint density at radius 1 is 1.32 bits per heavy atom. The van der Waals surface area contributed by atoms with Gasteiger partial charge in [0, 0.05) is 25.7 Å². The molecule has 19 heavy (non-hydrogen) atoms. The summed E-state index contributed by atoms with van der Waals surface area (Å²) in [6, 6.07) is 6.21. The molecule has 2 aliphatic heterocycles. The van der Waals surface area contributed by atoms with Gasteiger partial charge in [0.2, 0.25) is 0 Å². The van der Waals surface area contributed by atoms with E-state index in [-0.39, 0.29) is 6.04 Å². The maximum atomic E-state index is 10.2. The number of nitrogens with zero attached hydrogens (tertiary/aromatic N) is 2. The van der Waals surface area contributed by atoms with Crippen molar-refractivity contribution in [1.29, 1.82) is 0 Å². The highest BCUT2D eigenvalue weighted by molar-refractivity contribution is 5.60. The van der Waals surface area contributed by atoms with Crippen LogP contribution in [-0.2, 0) is 17.7 Å². The van der Waals surface area contributed by atoms with Crippen LogP contribution in [0.1, 0.15) is 11.1 Å². The van der Waals surface area contributed by atoms with Crippen LogP contribution in [0.15, 0.2) is 18.2 Å². The molecule has 0 saturated carbocycles. The molecule has 3 rings (SSSR count). The number of hydroxylamine groups is 1. The summed E-state index contributed by atoms with van der Waals surface area (Å²) in [5.41, 5.74) is 9.22. The van der Waals surface area contributed by atoms with E-state index in [0.29, 0.717) is 6.54 Å². The first-order valence-electron chi connectivity index (χ1n) is 6.87. The molecule has 2 heterocycles. The van der Waals surface area contributed by atoms with Gasteiger partial charge in [0.15, 0.2) is 0 Å². The third kappa shape index (κ3) is 2.74. The van der Waals surface area contributed by atoms with E-state index in [4.69, 9.17) is 10.5 Å². The van der Waals surface area contributed by atoms with E-state index in [9.17, 15) is 5.21 Å². The molecular formula is C14H21N3O2. The topological polar surface area (TPSA) is 62.0 Å². The zero-order valence-corrected chi connectivity index (χ0v) is 11.1. The van der Waals surface area contributed by atoms with Gasteiger partial charge in [-0.05, 0) is 17.5 Å². The summed E-state index contributed by atoms with van der Waals surface area (Å²) in [6.07, 6.45) is 0.837. The fourth-order valence-corrected chi connectivity index (χ4v) is 2.93. The lowest BCUT2D eigenvalue weighted by Crippen LogP contribution is -2.42. The van der Waals surface area contributed by atoms with Crippen LogP contribution in [-0.4, -0.2) is 49.0 Å². The number of hydrogen-bond acceptors (Lipinski definition) is 5. The monoisotopic (exact) mass is 263 g/mol. The number of rotatable bonds is 2. The Morgan fingerprint density at radius 3 is 2.89 bits per heavy atom. The first kappa shape index (κ1) is 12.9. The van der Waals surface area contributed by atoms with E-state index in [1.807, 2.05) is 0 Å². The lowest BCUT2D eigenvalue weighted by atomic mass is 9.96. The summed E-state index contributed by atoms with van der Waals surface area (Å²) >= 11 is 0. The first-order valence-corrected chi connectivity index (χ1v) is 6.87. The fraction of sp³-hybridized carbons (Fsp3) is 0.571. The first-order chi connectivity index (χ1) is 9.24. The minimum Gasteiger partial charge on any atom is -0.379 e. The molecule has 1 atom stereocenters. The van der Waals surface area contributed by atoms with Gasteiger partial charge in [-0.1, -0.05) is 18.2 Å². The zero-order chi connectivity index (χ0) is 13.2. The van der Waals surface area contributed by atoms with Gasteiger partial charge in [-0.2, -0.15) is 0 Å². The Morgan fingerprint density at radius 2 is 2.11 bits per heavy atom. The van der Waals surface area contributed by atoms with Crippen molar-refractivity contribution in [3.8, 4) is 0 Å². The molecule has 0 spiro atoms. The molecule has 2 aliphatic rings. The van der Waals surface area contributed by atoms with E-state index in [0.717, 1.165) is 50.5 Å². The molecular weight excluding hydrogens is 242 g/mol. The van der Waals surface area contributed by atoms with Crippen molar-refractivity contribution < 1.29 is 9.94 Å². The summed E-state index contributed by atoms with van der Waals surface area (Å²) in [4.78, 5) is 2.36. The molecule has 1 fully saturated rings. The second-order valence-corrected chi connectivity index (χ2v) is 5.36. The molecule has 0 unspecified atom stereocenters. The quantitative estimate of drug-likeness (QED) is 0.818. The number of anilines is 1. The van der Waals surface area contributed by atoms with Crippen LogP contribution < -0.4 is 10.8 Å². The number of para-hydroxylation sites is 1. The normalized spacial score (nSPS) is 24.3. The minimum atomic E-state index is 0.0103. The minimum absolute atomic E-state index is 0.0103. The highest BCUT2D eigenvalue weighted by Gasteiger charge is 2.24. The summed E-state index contributed by atoms with van der Waals surface area (Å²) < 4.78 is 5.37. The highest BCUT2D eigenvalue weighted by atomic mass is 16.5. The smallest absolute Gasteiger partial charge is 0.0712 e. The van der Waals surface area contributed by atoms with Crippen molar-refractivity contribution in [2.45, 2.75) is 19.0 Å². The van der Waals surface area contributed by atoms with Crippen molar-refractivity contribution in [3.63, 3.8) is 0 Å². The van der Waals surface area contributed by atoms with Gasteiger partial charge in [-0.3, -0.25) is 15.2 Å². The van der Waals surface area contributed by atoms with Crippen LogP contribution in [0.4, 0.5) is 5.69 Å². The molecule has 1 saturated heterocycles. The largest absolute Gasteiger partial charge is 0.379 e. The molecule has 5 heteroatoms. The SMILES string of the molecule is N[C@H]1Cc2cccc(CN3CCOCC3)c2N(O)C1. The average Bonchev–Trinajstić information content (AvgIpc) is 2.39. The zero-order valence-electron chi connectivity index (χ0n) is 11.1. The average molecular weight is 263 g/mol. The fourth-order valence-electron chi connectivity index (χ4n) is 2.93. The van der Waals surface area contributed by atoms with Crippen LogP contribution >= 0.6 is 0 Å². The van der Waals surface area contributed by atoms with Crippen molar-refractivity contribution >= 4 is 5.69 Å². The van der Waals surface area contributed by atoms with Gasteiger partial charge in [0.05, 0.1) is 25.4 Å². The summed E-state index contributed by atoms with van der Waals surface area (Å²) in [6.45, 7) is 4.86. The van der Waals surface area contributed by atoms with E-state index in [1.54, 1.807) is 0 Å². The van der Waals surface area contributed by atoms with E-state index in [1.165, 1.54) is 10.6 Å². The molecule has 0 amide bonds. The van der Waals surface area contributed by atoms with Crippen LogP contribution in [0, 0.1) is 0 Å². The van der Waals surface area contributed by atoms with Crippen LogP contribution in [0.25, 0.3) is 0 Å². The standard InChI is InChI=1S/C14H21N3O2/c15-13-8-11-2-1-3-12(14(11)17(18)10-13)9-16-4-6-19-7-5-16/h1-3,13,18H,4-10,15H2/t13-/m0/s1. The Hall–Kier alpha value is -1.14. The molecule has 0 aliphatic carbocycles. The van der Waals surface area contributed by atoms with Gasteiger partial charge in [0.25, 0.3) is 0 Å². The predicted molar refractivity (Wildman–Crippen MR) is 73.3 cm³/mol. The van der Waals surface area contributed by atoms with Gasteiger partial charge in [-0.15, -0.1) is 0 Å². The molecule has 0 aromatic heterocycles. The van der Waals surface area contributed by atoms with Crippen molar-refractivity contribution in [1.82, 2.24) is 4.90 Å². The Kier molecular flexibility index (Phi) is 3.70. The molecule has 5 nitrogen and oxygen atoms in total. The number of hydrogen-bond donors (Lipinski definition) is 2. The third-order valence-electron chi connectivity index (χ3n) is 3.85. The number of morpholine rings is 1. The second-order valence-electron chi connectivity index (χ2n) is 5.36. The maximum absolute atomic E-state index is 10.2. The van der Waals surface area contributed by atoms with Gasteiger partial charge in [-0.25, -0.2) is 0 Å². The van der Waals surface area contributed by atoms with E-state index >= 15 is 0 Å². The van der Waals surface area contributed by atoms with Gasteiger partial charge in [0.1, 0.15) is 0 Å². The lowest BCUT2D eigenvalue weighted by Gasteiger charge is -2.33. The maximum Gasteiger partial charge on any atom is 0.0712 e. The molecule has 3 N–H and O–H groups in total. The van der Waals surface area contributed by atoms with Gasteiger partial charge < -0.3 is 10.5 Å². The number of benzene rings is 1. The van der Waals surface area contributed by atoms with Gasteiger partial charge >= 0.3 is 0 Å². The lowest BCUT2D eigenvalue weighted by molar-refractivity contribution is 0.0341. The molecule has 1 aromatic rings. The Balaban J connectivity index is 1.83. The van der Waals surface area contributed by atoms with E-state index in [2.05, 4.69) is 23.1 Å². The Bertz CT molecular complexity index is 446. The summed E-state index contributed by atoms with van der Waals surface area (Å²) in [5.74, 6) is 0.